The van der Waals surface area contributed by atoms with Crippen LogP contribution in [-0.2, 0) is 5.41 Å². The van der Waals surface area contributed by atoms with Gasteiger partial charge in [0.15, 0.2) is 0 Å². The first kappa shape index (κ1) is 22.1. The lowest BCUT2D eigenvalue weighted by atomic mass is 9.87. The van der Waals surface area contributed by atoms with Gasteiger partial charge < -0.3 is 20.1 Å². The lowest BCUT2D eigenvalue weighted by Gasteiger charge is -2.21. The quantitative estimate of drug-likeness (QED) is 0.506. The molecule has 168 valence electrons. The molecule has 0 spiro atoms. The van der Waals surface area contributed by atoms with Crippen molar-refractivity contribution >= 4 is 29.5 Å². The third-order valence-corrected chi connectivity index (χ3v) is 5.24. The first-order chi connectivity index (χ1) is 15.7. The van der Waals surface area contributed by atoms with Crippen molar-refractivity contribution in [1.29, 1.82) is 0 Å². The fraction of sp³-hybridized carbons (Fsp3) is 0.192. The molecule has 7 nitrogen and oxygen atoms in total. The van der Waals surface area contributed by atoms with E-state index in [0.717, 1.165) is 11.1 Å². The number of nitrogens with zero attached hydrogens (tertiary/aromatic N) is 1. The van der Waals surface area contributed by atoms with E-state index in [1.807, 2.05) is 18.2 Å². The average Bonchev–Trinajstić information content (AvgIpc) is 3.14. The first-order valence-corrected chi connectivity index (χ1v) is 10.5. The Labute approximate surface area is 192 Å². The second kappa shape index (κ2) is 8.78. The molecule has 0 saturated heterocycles. The van der Waals surface area contributed by atoms with Gasteiger partial charge in [0.1, 0.15) is 17.2 Å². The normalized spacial score (nSPS) is 12.3. The number of carbonyl (C=O) groups excluding carboxylic acids is 2. The molecular formula is C26H25N3O4. The van der Waals surface area contributed by atoms with Crippen molar-refractivity contribution in [3.05, 3.63) is 77.4 Å². The third-order valence-electron chi connectivity index (χ3n) is 5.24. The van der Waals surface area contributed by atoms with Gasteiger partial charge in [0.05, 0.1) is 18.4 Å². The van der Waals surface area contributed by atoms with Gasteiger partial charge in [0.2, 0.25) is 0 Å². The number of methoxy groups -OCH3 is 1. The highest BCUT2D eigenvalue weighted by Crippen LogP contribution is 2.32. The van der Waals surface area contributed by atoms with Crippen LogP contribution in [0, 0.1) is 0 Å². The number of fused-ring (bicyclic) bond motifs is 1. The first-order valence-electron chi connectivity index (χ1n) is 10.5. The van der Waals surface area contributed by atoms with Crippen LogP contribution >= 0.6 is 0 Å². The number of rotatable bonds is 5. The SMILES string of the molecule is COc1ccc(C(C)(C)C)cc1NC(=O)Nc1ccc(Oc2ccc3c(c2)C=NC3=O)cc1. The molecule has 0 saturated carbocycles. The van der Waals surface area contributed by atoms with E-state index in [0.29, 0.717) is 34.2 Å². The molecule has 3 aromatic carbocycles. The Morgan fingerprint density at radius 2 is 1.64 bits per heavy atom. The van der Waals surface area contributed by atoms with Crippen LogP contribution in [0.1, 0.15) is 42.3 Å². The van der Waals surface area contributed by atoms with Crippen molar-refractivity contribution in [2.24, 2.45) is 4.99 Å². The van der Waals surface area contributed by atoms with Crippen molar-refractivity contribution < 1.29 is 19.1 Å². The van der Waals surface area contributed by atoms with Gasteiger partial charge in [-0.1, -0.05) is 26.8 Å². The van der Waals surface area contributed by atoms with E-state index in [9.17, 15) is 9.59 Å². The summed E-state index contributed by atoms with van der Waals surface area (Å²) in [7, 11) is 1.57. The highest BCUT2D eigenvalue weighted by molar-refractivity contribution is 6.13. The minimum absolute atomic E-state index is 0.0594. The van der Waals surface area contributed by atoms with E-state index in [1.54, 1.807) is 49.6 Å². The minimum Gasteiger partial charge on any atom is -0.495 e. The van der Waals surface area contributed by atoms with Gasteiger partial charge in [0.25, 0.3) is 5.91 Å². The lowest BCUT2D eigenvalue weighted by molar-refractivity contribution is 0.101. The zero-order valence-corrected chi connectivity index (χ0v) is 18.9. The summed E-state index contributed by atoms with van der Waals surface area (Å²) in [5, 5.41) is 5.67. The van der Waals surface area contributed by atoms with Crippen molar-refractivity contribution in [2.75, 3.05) is 17.7 Å². The fourth-order valence-electron chi connectivity index (χ4n) is 3.40. The highest BCUT2D eigenvalue weighted by atomic mass is 16.5. The largest absolute Gasteiger partial charge is 0.495 e. The van der Waals surface area contributed by atoms with E-state index < -0.39 is 0 Å². The van der Waals surface area contributed by atoms with Gasteiger partial charge in [-0.05, 0) is 65.6 Å². The van der Waals surface area contributed by atoms with E-state index >= 15 is 0 Å². The molecular weight excluding hydrogens is 418 g/mol. The topological polar surface area (TPSA) is 89.0 Å². The number of urea groups is 1. The Balaban J connectivity index is 1.41. The highest BCUT2D eigenvalue weighted by Gasteiger charge is 2.18. The van der Waals surface area contributed by atoms with Crippen molar-refractivity contribution in [1.82, 2.24) is 0 Å². The Hall–Kier alpha value is -4.13. The molecule has 7 heteroatoms. The maximum Gasteiger partial charge on any atom is 0.323 e. The third kappa shape index (κ3) is 5.03. The second-order valence-corrected chi connectivity index (χ2v) is 8.68. The molecule has 0 aliphatic carbocycles. The molecule has 1 heterocycles. The number of amides is 3. The van der Waals surface area contributed by atoms with E-state index in [4.69, 9.17) is 9.47 Å². The number of benzene rings is 3. The molecule has 0 atom stereocenters. The summed E-state index contributed by atoms with van der Waals surface area (Å²) in [4.78, 5) is 27.9. The van der Waals surface area contributed by atoms with E-state index in [1.165, 1.54) is 6.21 Å². The number of aliphatic imine (C=N–C) groups is 1. The fourth-order valence-corrected chi connectivity index (χ4v) is 3.40. The lowest BCUT2D eigenvalue weighted by Crippen LogP contribution is -2.20. The molecule has 4 rings (SSSR count). The van der Waals surface area contributed by atoms with Gasteiger partial charge in [-0.2, -0.15) is 0 Å². The monoisotopic (exact) mass is 443 g/mol. The van der Waals surface area contributed by atoms with Crippen LogP contribution in [0.15, 0.2) is 65.7 Å². The Morgan fingerprint density at radius 3 is 2.33 bits per heavy atom. The van der Waals surface area contributed by atoms with Crippen LogP contribution in [0.4, 0.5) is 16.2 Å². The molecule has 0 radical (unpaired) electrons. The summed E-state index contributed by atoms with van der Waals surface area (Å²) in [6.07, 6.45) is 1.53. The van der Waals surface area contributed by atoms with Gasteiger partial charge >= 0.3 is 6.03 Å². The van der Waals surface area contributed by atoms with Gasteiger partial charge in [-0.25, -0.2) is 9.79 Å². The number of anilines is 2. The number of hydrogen-bond donors (Lipinski definition) is 2. The van der Waals surface area contributed by atoms with Crippen LogP contribution in [0.5, 0.6) is 17.2 Å². The molecule has 0 aromatic heterocycles. The Kier molecular flexibility index (Phi) is 5.87. The molecule has 3 aromatic rings. The van der Waals surface area contributed by atoms with Gasteiger partial charge in [-0.15, -0.1) is 0 Å². The van der Waals surface area contributed by atoms with Crippen LogP contribution < -0.4 is 20.1 Å². The summed E-state index contributed by atoms with van der Waals surface area (Å²) < 4.78 is 11.2. The van der Waals surface area contributed by atoms with Crippen LogP contribution in [0.3, 0.4) is 0 Å². The van der Waals surface area contributed by atoms with Crippen LogP contribution in [0.2, 0.25) is 0 Å². The molecule has 1 aliphatic rings. The molecule has 0 unspecified atom stereocenters. The number of hydrogen-bond acceptors (Lipinski definition) is 4. The van der Waals surface area contributed by atoms with E-state index in [-0.39, 0.29) is 17.4 Å². The molecule has 0 bridgehead atoms. The number of ether oxygens (including phenoxy) is 2. The average molecular weight is 444 g/mol. The zero-order chi connectivity index (χ0) is 23.6. The summed E-state index contributed by atoms with van der Waals surface area (Å²) >= 11 is 0. The van der Waals surface area contributed by atoms with Crippen molar-refractivity contribution in [3.8, 4) is 17.2 Å². The van der Waals surface area contributed by atoms with Crippen molar-refractivity contribution in [2.45, 2.75) is 26.2 Å². The van der Waals surface area contributed by atoms with Crippen molar-refractivity contribution in [3.63, 3.8) is 0 Å². The molecule has 3 amide bonds. The van der Waals surface area contributed by atoms with E-state index in [2.05, 4.69) is 36.4 Å². The Bertz CT molecular complexity index is 1240. The maximum atomic E-state index is 12.6. The molecule has 1 aliphatic heterocycles. The standard InChI is InChI=1S/C26H25N3O4/c1-26(2,3)17-5-12-23(32-4)22(14-17)29-25(31)28-18-6-8-19(9-7-18)33-20-10-11-21-16(13-20)15-27-24(21)30/h5-15H,1-4H3,(H2,28,29,31). The predicted molar refractivity (Wildman–Crippen MR) is 129 cm³/mol. The number of nitrogens with one attached hydrogen (secondary N) is 2. The molecule has 2 N–H and O–H groups in total. The zero-order valence-electron chi connectivity index (χ0n) is 18.9. The molecule has 33 heavy (non-hydrogen) atoms. The minimum atomic E-state index is -0.379. The second-order valence-electron chi connectivity index (χ2n) is 8.68. The van der Waals surface area contributed by atoms with Crippen LogP contribution in [-0.4, -0.2) is 25.3 Å². The summed E-state index contributed by atoms with van der Waals surface area (Å²) in [6, 6.07) is 17.6. The molecule has 0 fully saturated rings. The summed E-state index contributed by atoms with van der Waals surface area (Å²) in [5.41, 5.74) is 3.53. The van der Waals surface area contributed by atoms with Crippen LogP contribution in [0.25, 0.3) is 0 Å². The summed E-state index contributed by atoms with van der Waals surface area (Å²) in [6.45, 7) is 6.33. The number of carbonyl (C=O) groups is 2. The predicted octanol–water partition coefficient (Wildman–Crippen LogP) is 6.00. The van der Waals surface area contributed by atoms with Gasteiger partial charge in [-0.3, -0.25) is 4.79 Å². The smallest absolute Gasteiger partial charge is 0.323 e. The summed E-state index contributed by atoms with van der Waals surface area (Å²) in [5.74, 6) is 1.54. The Morgan fingerprint density at radius 1 is 0.909 bits per heavy atom. The maximum absolute atomic E-state index is 12.6. The van der Waals surface area contributed by atoms with Gasteiger partial charge in [0, 0.05) is 17.5 Å².